The molecule has 0 aliphatic carbocycles. The minimum absolute atomic E-state index is 0. The van der Waals surface area contributed by atoms with Gasteiger partial charge >= 0.3 is 0 Å². The second kappa shape index (κ2) is 10.2. The molecule has 0 radical (unpaired) electrons. The van der Waals surface area contributed by atoms with Crippen molar-refractivity contribution >= 4 is 53.2 Å². The molecule has 1 aromatic carbocycles. The highest BCUT2D eigenvalue weighted by molar-refractivity contribution is 6.32. The first-order chi connectivity index (χ1) is 11.2. The maximum absolute atomic E-state index is 12.9. The summed E-state index contributed by atoms with van der Waals surface area (Å²) >= 11 is 6.18. The van der Waals surface area contributed by atoms with Crippen LogP contribution < -0.4 is 5.32 Å². The van der Waals surface area contributed by atoms with Crippen LogP contribution in [0.2, 0.25) is 5.02 Å². The number of nitrogens with zero attached hydrogens (tertiary/aromatic N) is 2. The smallest absolute Gasteiger partial charge is 0.256 e. The third-order valence-electron chi connectivity index (χ3n) is 4.60. The van der Waals surface area contributed by atoms with E-state index in [1.54, 1.807) is 12.3 Å². The van der Waals surface area contributed by atoms with Gasteiger partial charge in [0.05, 0.1) is 11.1 Å². The molecule has 2 heterocycles. The maximum Gasteiger partial charge on any atom is 0.256 e. The van der Waals surface area contributed by atoms with Crippen LogP contribution in [0, 0.1) is 5.92 Å². The largest absolute Gasteiger partial charge is 0.339 e. The minimum Gasteiger partial charge on any atom is -0.339 e. The molecule has 0 spiro atoms. The quantitative estimate of drug-likeness (QED) is 0.831. The van der Waals surface area contributed by atoms with E-state index in [1.807, 2.05) is 30.1 Å². The molecule has 1 amide bonds. The van der Waals surface area contributed by atoms with E-state index in [0.29, 0.717) is 16.5 Å². The predicted octanol–water partition coefficient (Wildman–Crippen LogP) is 4.19. The summed E-state index contributed by atoms with van der Waals surface area (Å²) in [5.74, 6) is 0.754. The SMILES string of the molecule is CNCCC1CCN(C(=O)c2cc(Cl)cc3cccnc23)CC1.Cl.Cl. The minimum atomic E-state index is 0. The molecule has 0 unspecified atom stereocenters. The average Bonchev–Trinajstić information content (AvgIpc) is 2.59. The number of carbonyl (C=O) groups excluding carboxylic acids is 1. The summed E-state index contributed by atoms with van der Waals surface area (Å²) in [7, 11) is 1.98. The molecule has 1 aliphatic rings. The second-order valence-electron chi connectivity index (χ2n) is 6.16. The second-order valence-corrected chi connectivity index (χ2v) is 6.59. The number of likely N-dealkylation sites (tertiary alicyclic amines) is 1. The lowest BCUT2D eigenvalue weighted by atomic mass is 9.93. The van der Waals surface area contributed by atoms with Crippen LogP contribution in [-0.4, -0.2) is 42.5 Å². The lowest BCUT2D eigenvalue weighted by Gasteiger charge is -2.32. The Morgan fingerprint density at radius 2 is 2.04 bits per heavy atom. The Balaban J connectivity index is 0.00000156. The fraction of sp³-hybridized carbons (Fsp3) is 0.444. The zero-order chi connectivity index (χ0) is 16.2. The van der Waals surface area contributed by atoms with Crippen molar-refractivity contribution in [1.82, 2.24) is 15.2 Å². The Kier molecular flexibility index (Phi) is 8.94. The zero-order valence-corrected chi connectivity index (χ0v) is 16.6. The molecule has 1 saturated heterocycles. The number of hydrogen-bond donors (Lipinski definition) is 1. The van der Waals surface area contributed by atoms with E-state index in [0.717, 1.165) is 43.4 Å². The van der Waals surface area contributed by atoms with E-state index in [1.165, 1.54) is 6.42 Å². The van der Waals surface area contributed by atoms with Crippen molar-refractivity contribution in [3.8, 4) is 0 Å². The molecule has 0 atom stereocenters. The molecule has 2 aromatic rings. The molecule has 4 nitrogen and oxygen atoms in total. The number of amides is 1. The van der Waals surface area contributed by atoms with Crippen molar-refractivity contribution in [2.75, 3.05) is 26.7 Å². The number of fused-ring (bicyclic) bond motifs is 1. The number of piperidine rings is 1. The lowest BCUT2D eigenvalue weighted by Crippen LogP contribution is -2.39. The van der Waals surface area contributed by atoms with E-state index in [2.05, 4.69) is 10.3 Å². The number of benzene rings is 1. The third kappa shape index (κ3) is 5.20. The summed E-state index contributed by atoms with van der Waals surface area (Å²) in [4.78, 5) is 19.2. The molecule has 3 rings (SSSR count). The van der Waals surface area contributed by atoms with Crippen LogP contribution in [0.25, 0.3) is 10.9 Å². The summed E-state index contributed by atoms with van der Waals surface area (Å²) in [5.41, 5.74) is 1.35. The van der Waals surface area contributed by atoms with E-state index in [9.17, 15) is 4.79 Å². The highest BCUT2D eigenvalue weighted by atomic mass is 35.5. The predicted molar refractivity (Wildman–Crippen MR) is 108 cm³/mol. The highest BCUT2D eigenvalue weighted by Gasteiger charge is 2.25. The number of pyridine rings is 1. The molecule has 0 bridgehead atoms. The number of carbonyl (C=O) groups is 1. The summed E-state index contributed by atoms with van der Waals surface area (Å²) in [6.45, 7) is 2.67. The third-order valence-corrected chi connectivity index (χ3v) is 4.82. The van der Waals surface area contributed by atoms with Crippen LogP contribution >= 0.6 is 36.4 Å². The molecule has 25 heavy (non-hydrogen) atoms. The molecular weight excluding hydrogens is 381 g/mol. The first-order valence-corrected chi connectivity index (χ1v) is 8.55. The summed E-state index contributed by atoms with van der Waals surface area (Å²) < 4.78 is 0. The van der Waals surface area contributed by atoms with Crippen molar-refractivity contribution in [3.63, 3.8) is 0 Å². The normalized spacial score (nSPS) is 14.7. The van der Waals surface area contributed by atoms with Gasteiger partial charge in [-0.05, 0) is 57.0 Å². The summed E-state index contributed by atoms with van der Waals surface area (Å²) in [6, 6.07) is 7.39. The molecule has 138 valence electrons. The Morgan fingerprint density at radius 3 is 2.72 bits per heavy atom. The van der Waals surface area contributed by atoms with Crippen LogP contribution in [0.15, 0.2) is 30.5 Å². The Labute approximate surface area is 166 Å². The van der Waals surface area contributed by atoms with Gasteiger partial charge in [0.15, 0.2) is 0 Å². The highest BCUT2D eigenvalue weighted by Crippen LogP contribution is 2.26. The molecule has 1 fully saturated rings. The van der Waals surface area contributed by atoms with Crippen molar-refractivity contribution in [2.45, 2.75) is 19.3 Å². The Bertz CT molecular complexity index is 703. The Morgan fingerprint density at radius 1 is 1.32 bits per heavy atom. The topological polar surface area (TPSA) is 45.2 Å². The van der Waals surface area contributed by atoms with Gasteiger partial charge in [0.25, 0.3) is 5.91 Å². The summed E-state index contributed by atoms with van der Waals surface area (Å²) in [5, 5.41) is 4.69. The van der Waals surface area contributed by atoms with Gasteiger partial charge in [-0.25, -0.2) is 0 Å². The van der Waals surface area contributed by atoms with Crippen molar-refractivity contribution < 1.29 is 4.79 Å². The van der Waals surface area contributed by atoms with Crippen LogP contribution in [0.4, 0.5) is 0 Å². The fourth-order valence-electron chi connectivity index (χ4n) is 3.26. The van der Waals surface area contributed by atoms with Gasteiger partial charge in [0.1, 0.15) is 0 Å². The number of aromatic nitrogens is 1. The van der Waals surface area contributed by atoms with Crippen LogP contribution in [-0.2, 0) is 0 Å². The molecule has 7 heteroatoms. The van der Waals surface area contributed by atoms with Crippen molar-refractivity contribution in [2.24, 2.45) is 5.92 Å². The molecule has 1 aliphatic heterocycles. The van der Waals surface area contributed by atoms with Gasteiger partial charge in [-0.15, -0.1) is 24.8 Å². The molecule has 0 saturated carbocycles. The molecule has 1 aromatic heterocycles. The standard InChI is InChI=1S/C18H22ClN3O.2ClH/c1-20-8-4-13-5-9-22(10-6-13)18(23)16-12-15(19)11-14-3-2-7-21-17(14)16;;/h2-3,7,11-13,20H,4-6,8-10H2,1H3;2*1H. The van der Waals surface area contributed by atoms with E-state index in [-0.39, 0.29) is 30.7 Å². The molecular formula is C18H24Cl3N3O. The van der Waals surface area contributed by atoms with Gasteiger partial charge in [0.2, 0.25) is 0 Å². The Hall–Kier alpha value is -1.07. The first kappa shape index (κ1) is 22.0. The maximum atomic E-state index is 12.9. The van der Waals surface area contributed by atoms with Crippen molar-refractivity contribution in [3.05, 3.63) is 41.0 Å². The molecule has 1 N–H and O–H groups in total. The fourth-order valence-corrected chi connectivity index (χ4v) is 3.49. The lowest BCUT2D eigenvalue weighted by molar-refractivity contribution is 0.0689. The van der Waals surface area contributed by atoms with Crippen molar-refractivity contribution in [1.29, 1.82) is 0 Å². The van der Waals surface area contributed by atoms with E-state index >= 15 is 0 Å². The van der Waals surface area contributed by atoms with Crippen LogP contribution in [0.5, 0.6) is 0 Å². The number of nitrogens with one attached hydrogen (secondary N) is 1. The number of hydrogen-bond acceptors (Lipinski definition) is 3. The van der Waals surface area contributed by atoms with E-state index in [4.69, 9.17) is 11.6 Å². The van der Waals surface area contributed by atoms with E-state index < -0.39 is 0 Å². The van der Waals surface area contributed by atoms with Gasteiger partial charge in [-0.1, -0.05) is 17.7 Å². The van der Waals surface area contributed by atoms with Crippen LogP contribution in [0.1, 0.15) is 29.6 Å². The van der Waals surface area contributed by atoms with Gasteiger partial charge < -0.3 is 10.2 Å². The monoisotopic (exact) mass is 403 g/mol. The number of rotatable bonds is 4. The first-order valence-electron chi connectivity index (χ1n) is 8.17. The van der Waals surface area contributed by atoms with Gasteiger partial charge in [0, 0.05) is 29.7 Å². The van der Waals surface area contributed by atoms with Gasteiger partial charge in [-0.3, -0.25) is 9.78 Å². The van der Waals surface area contributed by atoms with Gasteiger partial charge in [-0.2, -0.15) is 0 Å². The van der Waals surface area contributed by atoms with Crippen LogP contribution in [0.3, 0.4) is 0 Å². The summed E-state index contributed by atoms with van der Waals surface area (Å²) in [6.07, 6.45) is 5.04. The zero-order valence-electron chi connectivity index (χ0n) is 14.2. The number of halogens is 3. The average molecular weight is 405 g/mol.